The Kier molecular flexibility index (Phi) is 9.47. The molecular weight excluding hydrogens is 616 g/mol. The van der Waals surface area contributed by atoms with Crippen molar-refractivity contribution in [2.24, 2.45) is 0 Å². The molecule has 0 saturated carbocycles. The van der Waals surface area contributed by atoms with E-state index in [4.69, 9.17) is 20.4 Å². The van der Waals surface area contributed by atoms with E-state index in [0.717, 1.165) is 24.3 Å². The van der Waals surface area contributed by atoms with Gasteiger partial charge in [0.25, 0.3) is 0 Å². The minimum Gasteiger partial charge on any atom is -0.478 e. The normalized spacial score (nSPS) is 10.3. The number of aromatic carboxylic acids is 8. The Morgan fingerprint density at radius 1 is 0.348 bits per heavy atom. The maximum atomic E-state index is 11.6. The molecule has 0 aliphatic rings. The first-order valence-electron chi connectivity index (χ1n) is 12.2. The molecule has 8 N–H and O–H groups in total. The van der Waals surface area contributed by atoms with Gasteiger partial charge in [-0.1, -0.05) is 30.3 Å². The Bertz CT molecular complexity index is 1820. The van der Waals surface area contributed by atoms with Gasteiger partial charge in [0.1, 0.15) is 0 Å². The van der Waals surface area contributed by atoms with E-state index in [1.165, 1.54) is 24.3 Å². The van der Waals surface area contributed by atoms with Gasteiger partial charge in [0.05, 0.1) is 44.5 Å². The van der Waals surface area contributed by atoms with Crippen LogP contribution in [0.4, 0.5) is 0 Å². The molecule has 4 aromatic carbocycles. The van der Waals surface area contributed by atoms with Gasteiger partial charge in [-0.05, 0) is 46.7 Å². The monoisotopic (exact) mass is 634 g/mol. The SMILES string of the molecule is O=C(O)c1cc(C(=O)O)c(C(=O)O)c(-c2ccccc2)c1C(=O)O.O=C(O)c1cc2cc(C(=O)O)c(C(=O)O)cc2cc1C(=O)O. The van der Waals surface area contributed by atoms with Crippen LogP contribution in [0.2, 0.25) is 0 Å². The van der Waals surface area contributed by atoms with E-state index in [9.17, 15) is 58.8 Å². The second kappa shape index (κ2) is 13.0. The Morgan fingerprint density at radius 2 is 0.630 bits per heavy atom. The molecule has 0 aromatic heterocycles. The number of carbonyl (C=O) groups is 8. The standard InChI is InChI=1S/C16H10O8.C14H8O8/c17-13(18)8-6-9(14(19)20)12(16(23)24)10(11(8)15(21)22)7-4-2-1-3-5-7;15-11(16)7-1-5-2-9(13(19)20)10(14(21)22)4-6(5)3-8(7)12(17)18/h1-6H,(H,17,18)(H,19,20)(H,21,22)(H,23,24);1-4H,(H,15,16)(H,17,18)(H,19,20)(H,21,22). The molecule has 4 aromatic rings. The van der Waals surface area contributed by atoms with Gasteiger partial charge >= 0.3 is 47.8 Å². The minimum absolute atomic E-state index is 0.0814. The summed E-state index contributed by atoms with van der Waals surface area (Å²) in [4.78, 5) is 90.2. The summed E-state index contributed by atoms with van der Waals surface area (Å²) in [6, 6.07) is 11.8. The number of benzene rings is 4. The van der Waals surface area contributed by atoms with E-state index in [1.807, 2.05) is 0 Å². The van der Waals surface area contributed by atoms with Crippen LogP contribution in [0.1, 0.15) is 82.9 Å². The molecule has 16 nitrogen and oxygen atoms in total. The highest BCUT2D eigenvalue weighted by Crippen LogP contribution is 2.33. The molecule has 0 unspecified atom stereocenters. The van der Waals surface area contributed by atoms with E-state index in [2.05, 4.69) is 0 Å². The number of rotatable bonds is 9. The topological polar surface area (TPSA) is 298 Å². The van der Waals surface area contributed by atoms with Crippen molar-refractivity contribution < 1.29 is 79.2 Å². The molecule has 0 saturated heterocycles. The molecule has 0 atom stereocenters. The van der Waals surface area contributed by atoms with Crippen LogP contribution in [-0.4, -0.2) is 88.6 Å². The molecule has 16 heteroatoms. The fourth-order valence-electron chi connectivity index (χ4n) is 4.42. The van der Waals surface area contributed by atoms with Crippen LogP contribution in [0.25, 0.3) is 21.9 Å². The van der Waals surface area contributed by atoms with Crippen LogP contribution in [-0.2, 0) is 0 Å². The summed E-state index contributed by atoms with van der Waals surface area (Å²) >= 11 is 0. The molecule has 0 heterocycles. The number of carboxylic acids is 8. The molecule has 234 valence electrons. The second-order valence-corrected chi connectivity index (χ2v) is 9.05. The van der Waals surface area contributed by atoms with E-state index >= 15 is 0 Å². The highest BCUT2D eigenvalue weighted by Gasteiger charge is 2.31. The number of hydrogen-bond donors (Lipinski definition) is 8. The Balaban J connectivity index is 0.000000251. The Morgan fingerprint density at radius 3 is 0.870 bits per heavy atom. The summed E-state index contributed by atoms with van der Waals surface area (Å²) in [7, 11) is 0. The summed E-state index contributed by atoms with van der Waals surface area (Å²) in [5.74, 6) is -12.7. The summed E-state index contributed by atoms with van der Waals surface area (Å²) in [6.07, 6.45) is 0. The van der Waals surface area contributed by atoms with Gasteiger partial charge in [0, 0.05) is 5.56 Å². The van der Waals surface area contributed by atoms with E-state index in [-0.39, 0.29) is 16.3 Å². The van der Waals surface area contributed by atoms with Gasteiger partial charge < -0.3 is 40.9 Å². The summed E-state index contributed by atoms with van der Waals surface area (Å²) in [6.45, 7) is 0. The molecular formula is C30H18O16. The van der Waals surface area contributed by atoms with Gasteiger partial charge in [0.15, 0.2) is 0 Å². The summed E-state index contributed by atoms with van der Waals surface area (Å²) in [5, 5.41) is 73.5. The average Bonchev–Trinajstić information content (AvgIpc) is 2.98. The zero-order chi connectivity index (χ0) is 34.6. The number of carboxylic acid groups (broad SMARTS) is 8. The van der Waals surface area contributed by atoms with Gasteiger partial charge in [0.2, 0.25) is 0 Å². The highest BCUT2D eigenvalue weighted by atomic mass is 16.4. The Labute approximate surface area is 254 Å². The quantitative estimate of drug-likeness (QED) is 0.130. The largest absolute Gasteiger partial charge is 0.478 e. The molecule has 0 spiro atoms. The molecule has 0 radical (unpaired) electrons. The van der Waals surface area contributed by atoms with Crippen molar-refractivity contribution in [3.05, 3.63) is 105 Å². The predicted molar refractivity (Wildman–Crippen MR) is 152 cm³/mol. The second-order valence-electron chi connectivity index (χ2n) is 9.05. The highest BCUT2D eigenvalue weighted by molar-refractivity contribution is 6.16. The van der Waals surface area contributed by atoms with Crippen molar-refractivity contribution in [2.45, 2.75) is 0 Å². The third-order valence-electron chi connectivity index (χ3n) is 6.31. The van der Waals surface area contributed by atoms with E-state index in [1.54, 1.807) is 6.07 Å². The van der Waals surface area contributed by atoms with Crippen molar-refractivity contribution >= 4 is 58.5 Å². The third-order valence-corrected chi connectivity index (χ3v) is 6.31. The molecule has 0 aliphatic heterocycles. The maximum absolute atomic E-state index is 11.6. The lowest BCUT2D eigenvalue weighted by Gasteiger charge is -2.15. The molecule has 0 amide bonds. The van der Waals surface area contributed by atoms with Crippen LogP contribution in [0.15, 0.2) is 60.7 Å². The fraction of sp³-hybridized carbons (Fsp3) is 0. The first-order valence-corrected chi connectivity index (χ1v) is 12.2. The van der Waals surface area contributed by atoms with Crippen LogP contribution < -0.4 is 0 Å². The molecule has 0 fully saturated rings. The smallest absolute Gasteiger partial charge is 0.337 e. The van der Waals surface area contributed by atoms with Crippen LogP contribution >= 0.6 is 0 Å². The molecule has 4 rings (SSSR count). The summed E-state index contributed by atoms with van der Waals surface area (Å²) < 4.78 is 0. The third kappa shape index (κ3) is 6.60. The minimum atomic E-state index is -1.68. The lowest BCUT2D eigenvalue weighted by molar-refractivity contribution is 0.0638. The van der Waals surface area contributed by atoms with E-state index in [0.29, 0.717) is 6.07 Å². The lowest BCUT2D eigenvalue weighted by atomic mass is 9.87. The van der Waals surface area contributed by atoms with Gasteiger partial charge in [-0.2, -0.15) is 0 Å². The van der Waals surface area contributed by atoms with Gasteiger partial charge in [-0.25, -0.2) is 38.4 Å². The predicted octanol–water partition coefficient (Wildman–Crippen LogP) is 3.78. The zero-order valence-corrected chi connectivity index (χ0v) is 22.6. The Hall–Kier alpha value is -7.10. The molecule has 0 bridgehead atoms. The first-order chi connectivity index (χ1) is 21.5. The number of hydrogen-bond acceptors (Lipinski definition) is 8. The molecule has 46 heavy (non-hydrogen) atoms. The lowest BCUT2D eigenvalue weighted by Crippen LogP contribution is -2.18. The van der Waals surface area contributed by atoms with Gasteiger partial charge in [-0.15, -0.1) is 0 Å². The molecule has 0 aliphatic carbocycles. The summed E-state index contributed by atoms with van der Waals surface area (Å²) in [5.41, 5.74) is -5.61. The van der Waals surface area contributed by atoms with Crippen LogP contribution in [0.3, 0.4) is 0 Å². The average molecular weight is 634 g/mol. The number of fused-ring (bicyclic) bond motifs is 1. The fourth-order valence-corrected chi connectivity index (χ4v) is 4.42. The van der Waals surface area contributed by atoms with Crippen LogP contribution in [0, 0.1) is 0 Å². The van der Waals surface area contributed by atoms with Gasteiger partial charge in [-0.3, -0.25) is 0 Å². The maximum Gasteiger partial charge on any atom is 0.337 e. The van der Waals surface area contributed by atoms with Crippen LogP contribution in [0.5, 0.6) is 0 Å². The van der Waals surface area contributed by atoms with Crippen molar-refractivity contribution in [2.75, 3.05) is 0 Å². The van der Waals surface area contributed by atoms with Crippen molar-refractivity contribution in [1.29, 1.82) is 0 Å². The van der Waals surface area contributed by atoms with Crippen molar-refractivity contribution in [3.8, 4) is 11.1 Å². The van der Waals surface area contributed by atoms with Crippen molar-refractivity contribution in [1.82, 2.24) is 0 Å². The van der Waals surface area contributed by atoms with Crippen molar-refractivity contribution in [3.63, 3.8) is 0 Å². The van der Waals surface area contributed by atoms with E-state index < -0.39 is 97.8 Å². The zero-order valence-electron chi connectivity index (χ0n) is 22.6. The first kappa shape index (κ1) is 33.4.